The third kappa shape index (κ3) is 4.81. The molecule has 0 saturated heterocycles. The lowest BCUT2D eigenvalue weighted by molar-refractivity contribution is 0.197. The van der Waals surface area contributed by atoms with Crippen molar-refractivity contribution in [1.29, 1.82) is 0 Å². The molecule has 1 aromatic rings. The van der Waals surface area contributed by atoms with Crippen LogP contribution in [0.5, 0.6) is 5.75 Å². The summed E-state index contributed by atoms with van der Waals surface area (Å²) in [5, 5.41) is 3.48. The molecule has 0 bridgehead atoms. The van der Waals surface area contributed by atoms with Gasteiger partial charge in [-0.05, 0) is 24.6 Å². The van der Waals surface area contributed by atoms with Crippen molar-refractivity contribution in [3.05, 3.63) is 23.2 Å². The first-order valence-electron chi connectivity index (χ1n) is 5.56. The molecule has 0 fully saturated rings. The highest BCUT2D eigenvalue weighted by molar-refractivity contribution is 6.32. The summed E-state index contributed by atoms with van der Waals surface area (Å²) in [5.41, 5.74) is 6.50. The number of methoxy groups -OCH3 is 2. The molecule has 0 saturated carbocycles. The van der Waals surface area contributed by atoms with Crippen molar-refractivity contribution < 1.29 is 9.47 Å². The summed E-state index contributed by atoms with van der Waals surface area (Å²) in [6, 6.07) is 5.32. The van der Waals surface area contributed by atoms with E-state index in [0.717, 1.165) is 12.1 Å². The molecule has 3 N–H and O–H groups in total. The van der Waals surface area contributed by atoms with Crippen molar-refractivity contribution >= 4 is 23.2 Å². The molecule has 5 nitrogen and oxygen atoms in total. The Labute approximate surface area is 112 Å². The van der Waals surface area contributed by atoms with Crippen molar-refractivity contribution in [2.45, 2.75) is 6.42 Å². The summed E-state index contributed by atoms with van der Waals surface area (Å²) in [6.07, 6.45) is 0.836. The quantitative estimate of drug-likeness (QED) is 0.472. The van der Waals surface area contributed by atoms with Gasteiger partial charge in [-0.2, -0.15) is 0 Å². The summed E-state index contributed by atoms with van der Waals surface area (Å²) in [6.45, 7) is 1.29. The van der Waals surface area contributed by atoms with E-state index >= 15 is 0 Å². The number of hydrogen-bond acceptors (Lipinski definition) is 3. The zero-order valence-electron chi connectivity index (χ0n) is 10.6. The minimum absolute atomic E-state index is 0.354. The SMILES string of the molecule is COCCCN=C(N)Nc1ccc(OC)c(Cl)c1. The number of rotatable bonds is 6. The molecule has 0 atom stereocenters. The van der Waals surface area contributed by atoms with Crippen LogP contribution in [0.25, 0.3) is 0 Å². The Hall–Kier alpha value is -1.46. The van der Waals surface area contributed by atoms with Gasteiger partial charge in [0.2, 0.25) is 0 Å². The monoisotopic (exact) mass is 271 g/mol. The van der Waals surface area contributed by atoms with Crippen LogP contribution in [-0.4, -0.2) is 33.3 Å². The Morgan fingerprint density at radius 2 is 2.22 bits per heavy atom. The summed E-state index contributed by atoms with van der Waals surface area (Å²) in [4.78, 5) is 4.16. The fraction of sp³-hybridized carbons (Fsp3) is 0.417. The molecule has 18 heavy (non-hydrogen) atoms. The second-order valence-corrected chi connectivity index (χ2v) is 3.99. The Morgan fingerprint density at radius 3 is 2.83 bits per heavy atom. The van der Waals surface area contributed by atoms with Gasteiger partial charge in [-0.25, -0.2) is 0 Å². The number of anilines is 1. The highest BCUT2D eigenvalue weighted by Gasteiger charge is 2.02. The average molecular weight is 272 g/mol. The lowest BCUT2D eigenvalue weighted by Gasteiger charge is -2.08. The van der Waals surface area contributed by atoms with Gasteiger partial charge in [0.25, 0.3) is 0 Å². The Bertz CT molecular complexity index is 410. The van der Waals surface area contributed by atoms with Crippen LogP contribution in [-0.2, 0) is 4.74 Å². The van der Waals surface area contributed by atoms with E-state index in [1.807, 2.05) is 6.07 Å². The highest BCUT2D eigenvalue weighted by Crippen LogP contribution is 2.26. The van der Waals surface area contributed by atoms with Gasteiger partial charge in [0.15, 0.2) is 5.96 Å². The molecule has 0 radical (unpaired) electrons. The Kier molecular flexibility index (Phi) is 6.32. The molecular weight excluding hydrogens is 254 g/mol. The van der Waals surface area contributed by atoms with E-state index in [1.165, 1.54) is 0 Å². The number of hydrogen-bond donors (Lipinski definition) is 2. The number of nitrogens with two attached hydrogens (primary N) is 1. The zero-order chi connectivity index (χ0) is 13.4. The van der Waals surface area contributed by atoms with E-state index in [0.29, 0.717) is 29.9 Å². The molecule has 100 valence electrons. The number of aliphatic imine (C=N–C) groups is 1. The number of nitrogens with one attached hydrogen (secondary N) is 1. The van der Waals surface area contributed by atoms with Crippen LogP contribution in [0.15, 0.2) is 23.2 Å². The van der Waals surface area contributed by atoms with Crippen LogP contribution in [0.3, 0.4) is 0 Å². The molecule has 1 rings (SSSR count). The lowest BCUT2D eigenvalue weighted by Crippen LogP contribution is -2.23. The van der Waals surface area contributed by atoms with Crippen molar-refractivity contribution in [3.8, 4) is 5.75 Å². The third-order valence-electron chi connectivity index (χ3n) is 2.21. The fourth-order valence-corrected chi connectivity index (χ4v) is 1.60. The van der Waals surface area contributed by atoms with Gasteiger partial charge < -0.3 is 20.5 Å². The van der Waals surface area contributed by atoms with Crippen LogP contribution in [0.2, 0.25) is 5.02 Å². The minimum Gasteiger partial charge on any atom is -0.495 e. The standard InChI is InChI=1S/C12H18ClN3O2/c1-17-7-3-6-15-12(14)16-9-4-5-11(18-2)10(13)8-9/h4-5,8H,3,6-7H2,1-2H3,(H3,14,15,16). The average Bonchev–Trinajstić information content (AvgIpc) is 2.35. The van der Waals surface area contributed by atoms with E-state index in [1.54, 1.807) is 26.4 Å². The first-order chi connectivity index (χ1) is 8.67. The normalized spacial score (nSPS) is 11.4. The maximum Gasteiger partial charge on any atom is 0.193 e. The number of ether oxygens (including phenoxy) is 2. The molecule has 0 heterocycles. The third-order valence-corrected chi connectivity index (χ3v) is 2.51. The first-order valence-corrected chi connectivity index (χ1v) is 5.94. The van der Waals surface area contributed by atoms with Gasteiger partial charge in [-0.1, -0.05) is 11.6 Å². The summed E-state index contributed by atoms with van der Waals surface area (Å²) >= 11 is 6.00. The molecule has 0 aliphatic carbocycles. The van der Waals surface area contributed by atoms with E-state index in [4.69, 9.17) is 26.8 Å². The number of benzene rings is 1. The number of halogens is 1. The van der Waals surface area contributed by atoms with Crippen molar-refractivity contribution in [2.75, 3.05) is 32.7 Å². The van der Waals surface area contributed by atoms with Gasteiger partial charge in [0.1, 0.15) is 5.75 Å². The van der Waals surface area contributed by atoms with Gasteiger partial charge in [-0.15, -0.1) is 0 Å². The predicted molar refractivity (Wildman–Crippen MR) is 74.6 cm³/mol. The minimum atomic E-state index is 0.354. The Balaban J connectivity index is 2.53. The van der Waals surface area contributed by atoms with Crippen LogP contribution < -0.4 is 15.8 Å². The van der Waals surface area contributed by atoms with Crippen molar-refractivity contribution in [3.63, 3.8) is 0 Å². The lowest BCUT2D eigenvalue weighted by atomic mass is 10.3. The van der Waals surface area contributed by atoms with E-state index in [-0.39, 0.29) is 0 Å². The topological polar surface area (TPSA) is 68.9 Å². The van der Waals surface area contributed by atoms with Crippen LogP contribution in [0.4, 0.5) is 5.69 Å². The second-order valence-electron chi connectivity index (χ2n) is 3.59. The van der Waals surface area contributed by atoms with Crippen molar-refractivity contribution in [2.24, 2.45) is 10.7 Å². The molecule has 0 unspecified atom stereocenters. The van der Waals surface area contributed by atoms with Crippen molar-refractivity contribution in [1.82, 2.24) is 0 Å². The van der Waals surface area contributed by atoms with Gasteiger partial charge >= 0.3 is 0 Å². The largest absolute Gasteiger partial charge is 0.495 e. The molecule has 6 heteroatoms. The summed E-state index contributed by atoms with van der Waals surface area (Å²) in [7, 11) is 3.23. The molecule has 1 aromatic carbocycles. The van der Waals surface area contributed by atoms with E-state index < -0.39 is 0 Å². The maximum atomic E-state index is 6.00. The van der Waals surface area contributed by atoms with E-state index in [9.17, 15) is 0 Å². The van der Waals surface area contributed by atoms with E-state index in [2.05, 4.69) is 10.3 Å². The van der Waals surface area contributed by atoms with Gasteiger partial charge in [-0.3, -0.25) is 4.99 Å². The predicted octanol–water partition coefficient (Wildman–Crippen LogP) is 2.11. The van der Waals surface area contributed by atoms with Crippen LogP contribution >= 0.6 is 11.6 Å². The first kappa shape index (κ1) is 14.6. The highest BCUT2D eigenvalue weighted by atomic mass is 35.5. The fourth-order valence-electron chi connectivity index (χ4n) is 1.34. The molecule has 0 spiro atoms. The Morgan fingerprint density at radius 1 is 1.44 bits per heavy atom. The molecule has 0 aliphatic rings. The van der Waals surface area contributed by atoms with Crippen LogP contribution in [0, 0.1) is 0 Å². The summed E-state index contributed by atoms with van der Waals surface area (Å²) < 4.78 is 9.98. The molecular formula is C12H18ClN3O2. The number of nitrogens with zero attached hydrogens (tertiary/aromatic N) is 1. The van der Waals surface area contributed by atoms with Gasteiger partial charge in [0, 0.05) is 25.9 Å². The van der Waals surface area contributed by atoms with Crippen LogP contribution in [0.1, 0.15) is 6.42 Å². The second kappa shape index (κ2) is 7.79. The number of guanidine groups is 1. The smallest absolute Gasteiger partial charge is 0.193 e. The zero-order valence-corrected chi connectivity index (χ0v) is 11.3. The van der Waals surface area contributed by atoms with Gasteiger partial charge in [0.05, 0.1) is 12.1 Å². The maximum absolute atomic E-state index is 6.00. The summed E-state index contributed by atoms with van der Waals surface area (Å²) in [5.74, 6) is 0.977. The molecule has 0 aromatic heterocycles. The molecule has 0 amide bonds. The molecule has 0 aliphatic heterocycles.